The van der Waals surface area contributed by atoms with Crippen molar-refractivity contribution in [2.24, 2.45) is 5.73 Å². The highest BCUT2D eigenvalue weighted by Crippen LogP contribution is 2.12. The van der Waals surface area contributed by atoms with Crippen molar-refractivity contribution in [2.45, 2.75) is 6.42 Å². The highest BCUT2D eigenvalue weighted by molar-refractivity contribution is 7.80. The average molecular weight is 288 g/mol. The van der Waals surface area contributed by atoms with Gasteiger partial charge in [0.25, 0.3) is 5.91 Å². The molecule has 0 aliphatic heterocycles. The summed E-state index contributed by atoms with van der Waals surface area (Å²) in [6.45, 7) is 0. The van der Waals surface area contributed by atoms with E-state index in [1.165, 1.54) is 18.2 Å². The first kappa shape index (κ1) is 14.1. The number of rotatable bonds is 4. The van der Waals surface area contributed by atoms with Gasteiger partial charge >= 0.3 is 0 Å². The quantitative estimate of drug-likeness (QED) is 0.851. The molecule has 0 radical (unpaired) electrons. The fourth-order valence-electron chi connectivity index (χ4n) is 1.74. The molecule has 5 heteroatoms. The Labute approximate surface area is 121 Å². The molecule has 2 aromatic rings. The first-order valence-corrected chi connectivity index (χ1v) is 6.39. The van der Waals surface area contributed by atoms with E-state index in [4.69, 9.17) is 18.0 Å². The molecule has 20 heavy (non-hydrogen) atoms. The summed E-state index contributed by atoms with van der Waals surface area (Å²) in [5.74, 6) is -0.795. The number of carbonyl (C=O) groups is 1. The number of amides is 1. The van der Waals surface area contributed by atoms with Gasteiger partial charge in [0.2, 0.25) is 0 Å². The van der Waals surface area contributed by atoms with Crippen molar-refractivity contribution in [3.8, 4) is 0 Å². The van der Waals surface area contributed by atoms with Gasteiger partial charge in [-0.15, -0.1) is 0 Å². The minimum absolute atomic E-state index is 0.275. The molecular formula is C15H13FN2OS. The van der Waals surface area contributed by atoms with Gasteiger partial charge in [-0.25, -0.2) is 4.39 Å². The molecule has 0 unspecified atom stereocenters. The summed E-state index contributed by atoms with van der Waals surface area (Å²) in [4.78, 5) is 12.3. The lowest BCUT2D eigenvalue weighted by molar-refractivity contribution is 0.102. The molecule has 0 aliphatic rings. The van der Waals surface area contributed by atoms with Crippen molar-refractivity contribution in [2.75, 3.05) is 5.32 Å². The van der Waals surface area contributed by atoms with Crippen molar-refractivity contribution >= 4 is 28.8 Å². The molecule has 0 aromatic heterocycles. The predicted octanol–water partition coefficient (Wildman–Crippen LogP) is 2.91. The standard InChI is InChI=1S/C15H13FN2OS/c16-12-3-1-2-11(9-12)15(19)18-13-6-4-10(5-7-13)8-14(17)20/h1-7,9H,8H2,(H2,17,20)(H,18,19). The summed E-state index contributed by atoms with van der Waals surface area (Å²) in [5.41, 5.74) is 7.34. The molecule has 0 spiro atoms. The Morgan fingerprint density at radius 3 is 2.50 bits per heavy atom. The molecule has 1 amide bonds. The van der Waals surface area contributed by atoms with E-state index in [0.717, 1.165) is 5.56 Å². The Balaban J connectivity index is 2.06. The lowest BCUT2D eigenvalue weighted by Crippen LogP contribution is -2.13. The van der Waals surface area contributed by atoms with Crippen LogP contribution in [0.15, 0.2) is 48.5 Å². The third-order valence-electron chi connectivity index (χ3n) is 2.68. The monoisotopic (exact) mass is 288 g/mol. The van der Waals surface area contributed by atoms with Gasteiger partial charge in [-0.2, -0.15) is 0 Å². The lowest BCUT2D eigenvalue weighted by Gasteiger charge is -2.06. The molecule has 0 saturated heterocycles. The van der Waals surface area contributed by atoms with Crippen molar-refractivity contribution in [1.29, 1.82) is 0 Å². The van der Waals surface area contributed by atoms with Gasteiger partial charge in [-0.1, -0.05) is 30.4 Å². The third-order valence-corrected chi connectivity index (χ3v) is 2.82. The summed E-state index contributed by atoms with van der Waals surface area (Å²) in [5, 5.41) is 2.70. The molecule has 2 aromatic carbocycles. The van der Waals surface area contributed by atoms with Gasteiger partial charge in [0, 0.05) is 17.7 Å². The topological polar surface area (TPSA) is 55.1 Å². The number of thiocarbonyl (C=S) groups is 1. The van der Waals surface area contributed by atoms with Crippen LogP contribution < -0.4 is 11.1 Å². The molecule has 0 atom stereocenters. The molecular weight excluding hydrogens is 275 g/mol. The number of nitrogens with one attached hydrogen (secondary N) is 1. The number of hydrogen-bond donors (Lipinski definition) is 2. The number of hydrogen-bond acceptors (Lipinski definition) is 2. The number of anilines is 1. The second-order valence-electron chi connectivity index (χ2n) is 4.30. The molecule has 0 bridgehead atoms. The summed E-state index contributed by atoms with van der Waals surface area (Å²) >= 11 is 4.83. The normalized spacial score (nSPS) is 10.1. The van der Waals surface area contributed by atoms with Crippen LogP contribution in [0.3, 0.4) is 0 Å². The van der Waals surface area contributed by atoms with Crippen molar-refractivity contribution in [1.82, 2.24) is 0 Å². The smallest absolute Gasteiger partial charge is 0.255 e. The highest BCUT2D eigenvalue weighted by atomic mass is 32.1. The van der Waals surface area contributed by atoms with Crippen molar-refractivity contribution in [3.05, 3.63) is 65.5 Å². The Morgan fingerprint density at radius 1 is 1.20 bits per heavy atom. The predicted molar refractivity (Wildman–Crippen MR) is 81.3 cm³/mol. The van der Waals surface area contributed by atoms with Crippen LogP contribution >= 0.6 is 12.2 Å². The SMILES string of the molecule is NC(=S)Cc1ccc(NC(=O)c2cccc(F)c2)cc1. The number of halogens is 1. The van der Waals surface area contributed by atoms with Crippen LogP contribution in [0.2, 0.25) is 0 Å². The number of nitrogens with two attached hydrogens (primary N) is 1. The molecule has 102 valence electrons. The minimum atomic E-state index is -0.440. The van der Waals surface area contributed by atoms with Crippen molar-refractivity contribution in [3.63, 3.8) is 0 Å². The second-order valence-corrected chi connectivity index (χ2v) is 4.83. The van der Waals surface area contributed by atoms with E-state index in [9.17, 15) is 9.18 Å². The van der Waals surface area contributed by atoms with Crippen LogP contribution in [-0.4, -0.2) is 10.9 Å². The molecule has 0 heterocycles. The van der Waals surface area contributed by atoms with Gasteiger partial charge < -0.3 is 11.1 Å². The van der Waals surface area contributed by atoms with Crippen LogP contribution in [0.4, 0.5) is 10.1 Å². The first-order chi connectivity index (χ1) is 9.54. The third kappa shape index (κ3) is 3.86. The largest absolute Gasteiger partial charge is 0.393 e. The van der Waals surface area contributed by atoms with Gasteiger partial charge in [-0.3, -0.25) is 4.79 Å². The second kappa shape index (κ2) is 6.25. The van der Waals surface area contributed by atoms with Gasteiger partial charge in [-0.05, 0) is 35.9 Å². The minimum Gasteiger partial charge on any atom is -0.393 e. The van der Waals surface area contributed by atoms with E-state index in [2.05, 4.69) is 5.32 Å². The van der Waals surface area contributed by atoms with E-state index >= 15 is 0 Å². The van der Waals surface area contributed by atoms with E-state index in [0.29, 0.717) is 17.1 Å². The molecule has 2 rings (SSSR count). The summed E-state index contributed by atoms with van der Waals surface area (Å²) in [7, 11) is 0. The van der Waals surface area contributed by atoms with Crippen LogP contribution in [0.25, 0.3) is 0 Å². The Kier molecular flexibility index (Phi) is 4.42. The first-order valence-electron chi connectivity index (χ1n) is 5.99. The van der Waals surface area contributed by atoms with Gasteiger partial charge in [0.05, 0.1) is 4.99 Å². The number of carbonyl (C=O) groups excluding carboxylic acids is 1. The fraction of sp³-hybridized carbons (Fsp3) is 0.0667. The summed E-state index contributed by atoms with van der Waals surface area (Å²) in [6, 6.07) is 12.7. The molecule has 0 saturated carbocycles. The highest BCUT2D eigenvalue weighted by Gasteiger charge is 2.06. The van der Waals surface area contributed by atoms with E-state index in [1.807, 2.05) is 12.1 Å². The molecule has 3 N–H and O–H groups in total. The van der Waals surface area contributed by atoms with Gasteiger partial charge in [0.1, 0.15) is 5.82 Å². The van der Waals surface area contributed by atoms with Crippen molar-refractivity contribution < 1.29 is 9.18 Å². The van der Waals surface area contributed by atoms with Crippen LogP contribution in [0.5, 0.6) is 0 Å². The van der Waals surface area contributed by atoms with E-state index < -0.39 is 5.82 Å². The fourth-order valence-corrected chi connectivity index (χ4v) is 1.91. The Morgan fingerprint density at radius 2 is 1.90 bits per heavy atom. The van der Waals surface area contributed by atoms with E-state index in [1.54, 1.807) is 18.2 Å². The van der Waals surface area contributed by atoms with Crippen LogP contribution in [-0.2, 0) is 6.42 Å². The number of benzene rings is 2. The van der Waals surface area contributed by atoms with Crippen LogP contribution in [0.1, 0.15) is 15.9 Å². The van der Waals surface area contributed by atoms with E-state index in [-0.39, 0.29) is 11.5 Å². The maximum absolute atomic E-state index is 13.0. The molecule has 0 aliphatic carbocycles. The average Bonchev–Trinajstić information content (AvgIpc) is 2.40. The summed E-state index contributed by atoms with van der Waals surface area (Å²) in [6.07, 6.45) is 0.521. The maximum atomic E-state index is 13.0. The zero-order valence-electron chi connectivity index (χ0n) is 10.6. The molecule has 3 nitrogen and oxygen atoms in total. The maximum Gasteiger partial charge on any atom is 0.255 e. The zero-order valence-corrected chi connectivity index (χ0v) is 11.4. The van der Waals surface area contributed by atoms with Crippen LogP contribution in [0, 0.1) is 5.82 Å². The van der Waals surface area contributed by atoms with Gasteiger partial charge in [0.15, 0.2) is 0 Å². The Hall–Kier alpha value is -2.27. The zero-order chi connectivity index (χ0) is 14.5. The Bertz CT molecular complexity index is 641. The lowest BCUT2D eigenvalue weighted by atomic mass is 10.1. The molecule has 0 fully saturated rings. The summed E-state index contributed by atoms with van der Waals surface area (Å²) < 4.78 is 13.0.